The maximum absolute atomic E-state index is 11.6. The minimum absolute atomic E-state index is 0.0799. The van der Waals surface area contributed by atoms with Gasteiger partial charge in [-0.2, -0.15) is 0 Å². The molecule has 0 aliphatic rings. The summed E-state index contributed by atoms with van der Waals surface area (Å²) >= 11 is 0. The lowest BCUT2D eigenvalue weighted by atomic mass is 10.0. The standard InChI is InChI=1S/C9H21NO3S/c1-5-8(6-11)10-14(12,13)7-9(2,3)4/h8,10-11H,5-7H2,1-4H3/t8-/m1/s1. The van der Waals surface area contributed by atoms with Gasteiger partial charge in [-0.05, 0) is 11.8 Å². The van der Waals surface area contributed by atoms with Crippen LogP contribution in [0.15, 0.2) is 0 Å². The second kappa shape index (κ2) is 5.09. The molecule has 1 atom stereocenters. The SMILES string of the molecule is CC[C@H](CO)NS(=O)(=O)CC(C)(C)C. The van der Waals surface area contributed by atoms with Gasteiger partial charge in [0.25, 0.3) is 0 Å². The van der Waals surface area contributed by atoms with Crippen LogP contribution in [-0.2, 0) is 10.0 Å². The molecule has 2 N–H and O–H groups in total. The zero-order chi connectivity index (χ0) is 11.4. The van der Waals surface area contributed by atoms with Crippen LogP contribution in [0.3, 0.4) is 0 Å². The molecule has 0 rings (SSSR count). The molecule has 0 aliphatic heterocycles. The van der Waals surface area contributed by atoms with Crippen molar-refractivity contribution in [1.82, 2.24) is 4.72 Å². The molecule has 0 unspecified atom stereocenters. The zero-order valence-corrected chi connectivity index (χ0v) is 10.2. The molecular formula is C9H21NO3S. The monoisotopic (exact) mass is 223 g/mol. The molecule has 0 aliphatic carbocycles. The fourth-order valence-electron chi connectivity index (χ4n) is 1.12. The van der Waals surface area contributed by atoms with Crippen molar-refractivity contribution in [1.29, 1.82) is 0 Å². The number of aliphatic hydroxyl groups excluding tert-OH is 1. The van der Waals surface area contributed by atoms with Gasteiger partial charge >= 0.3 is 0 Å². The topological polar surface area (TPSA) is 66.4 Å². The van der Waals surface area contributed by atoms with Crippen molar-refractivity contribution >= 4 is 10.0 Å². The number of nitrogens with one attached hydrogen (secondary N) is 1. The Kier molecular flexibility index (Phi) is 5.05. The predicted octanol–water partition coefficient (Wildman–Crippen LogP) is 0.723. The van der Waals surface area contributed by atoms with Crippen LogP contribution < -0.4 is 4.72 Å². The summed E-state index contributed by atoms with van der Waals surface area (Å²) in [5, 5.41) is 8.86. The highest BCUT2D eigenvalue weighted by Gasteiger charge is 2.23. The molecule has 0 saturated heterocycles. The van der Waals surface area contributed by atoms with Crippen molar-refractivity contribution in [3.63, 3.8) is 0 Å². The summed E-state index contributed by atoms with van der Waals surface area (Å²) in [7, 11) is -3.27. The molecule has 0 fully saturated rings. The van der Waals surface area contributed by atoms with Crippen molar-refractivity contribution in [3.8, 4) is 0 Å². The summed E-state index contributed by atoms with van der Waals surface area (Å²) in [4.78, 5) is 0. The van der Waals surface area contributed by atoms with E-state index >= 15 is 0 Å². The van der Waals surface area contributed by atoms with Crippen molar-refractivity contribution < 1.29 is 13.5 Å². The minimum Gasteiger partial charge on any atom is -0.395 e. The fourth-order valence-corrected chi connectivity index (χ4v) is 3.09. The Balaban J connectivity index is 4.35. The molecule has 4 nitrogen and oxygen atoms in total. The Morgan fingerprint density at radius 2 is 1.86 bits per heavy atom. The van der Waals surface area contributed by atoms with Gasteiger partial charge in [-0.25, -0.2) is 13.1 Å². The highest BCUT2D eigenvalue weighted by Crippen LogP contribution is 2.15. The minimum atomic E-state index is -3.27. The Morgan fingerprint density at radius 1 is 1.36 bits per heavy atom. The average Bonchev–Trinajstić information content (AvgIpc) is 1.95. The van der Waals surface area contributed by atoms with E-state index in [4.69, 9.17) is 5.11 Å². The molecule has 86 valence electrons. The van der Waals surface area contributed by atoms with Crippen LogP contribution in [0.25, 0.3) is 0 Å². The number of hydrogen-bond donors (Lipinski definition) is 2. The Bertz CT molecular complexity index is 250. The first-order valence-corrected chi connectivity index (χ1v) is 6.46. The van der Waals surface area contributed by atoms with E-state index in [2.05, 4.69) is 4.72 Å². The Labute approximate surface area is 86.8 Å². The zero-order valence-electron chi connectivity index (χ0n) is 9.37. The number of sulfonamides is 1. The van der Waals surface area contributed by atoms with E-state index in [1.165, 1.54) is 0 Å². The summed E-state index contributed by atoms with van der Waals surface area (Å²) in [6, 6.07) is -0.359. The van der Waals surface area contributed by atoms with E-state index < -0.39 is 10.0 Å². The summed E-state index contributed by atoms with van der Waals surface area (Å²) in [5.41, 5.74) is -0.264. The summed E-state index contributed by atoms with van der Waals surface area (Å²) in [6.07, 6.45) is 0.597. The van der Waals surface area contributed by atoms with E-state index in [1.54, 1.807) is 0 Å². The highest BCUT2D eigenvalue weighted by molar-refractivity contribution is 7.89. The van der Waals surface area contributed by atoms with Gasteiger partial charge in [0.1, 0.15) is 0 Å². The van der Waals surface area contributed by atoms with E-state index in [0.29, 0.717) is 6.42 Å². The van der Waals surface area contributed by atoms with E-state index in [0.717, 1.165) is 0 Å². The van der Waals surface area contributed by atoms with Gasteiger partial charge in [-0.3, -0.25) is 0 Å². The molecule has 0 heterocycles. The van der Waals surface area contributed by atoms with Gasteiger partial charge in [0, 0.05) is 6.04 Å². The van der Waals surface area contributed by atoms with Crippen molar-refractivity contribution in [2.24, 2.45) is 5.41 Å². The van der Waals surface area contributed by atoms with Crippen LogP contribution in [0, 0.1) is 5.41 Å². The van der Waals surface area contributed by atoms with Gasteiger partial charge in [0.15, 0.2) is 0 Å². The van der Waals surface area contributed by atoms with Gasteiger partial charge in [-0.1, -0.05) is 27.7 Å². The van der Waals surface area contributed by atoms with Crippen LogP contribution in [0.2, 0.25) is 0 Å². The normalized spacial score (nSPS) is 15.5. The van der Waals surface area contributed by atoms with Crippen molar-refractivity contribution in [3.05, 3.63) is 0 Å². The largest absolute Gasteiger partial charge is 0.395 e. The Hall–Kier alpha value is -0.130. The first kappa shape index (κ1) is 13.9. The third-order valence-corrected chi connectivity index (χ3v) is 3.62. The first-order valence-electron chi connectivity index (χ1n) is 4.81. The molecule has 0 saturated carbocycles. The second-order valence-corrected chi connectivity index (χ2v) is 6.48. The molecule has 0 aromatic heterocycles. The van der Waals surface area contributed by atoms with E-state index in [1.807, 2.05) is 27.7 Å². The maximum atomic E-state index is 11.6. The lowest BCUT2D eigenvalue weighted by Gasteiger charge is -2.21. The predicted molar refractivity (Wildman–Crippen MR) is 57.5 cm³/mol. The lowest BCUT2D eigenvalue weighted by Crippen LogP contribution is -2.40. The van der Waals surface area contributed by atoms with Crippen LogP contribution in [0.1, 0.15) is 34.1 Å². The highest BCUT2D eigenvalue weighted by atomic mass is 32.2. The number of rotatable bonds is 5. The molecule has 0 bridgehead atoms. The lowest BCUT2D eigenvalue weighted by molar-refractivity contribution is 0.253. The van der Waals surface area contributed by atoms with Crippen LogP contribution in [-0.4, -0.2) is 31.9 Å². The maximum Gasteiger partial charge on any atom is 0.212 e. The number of aliphatic hydroxyl groups is 1. The smallest absolute Gasteiger partial charge is 0.212 e. The van der Waals surface area contributed by atoms with Crippen LogP contribution >= 0.6 is 0 Å². The van der Waals surface area contributed by atoms with Gasteiger partial charge in [0.05, 0.1) is 12.4 Å². The molecule has 0 amide bonds. The molecule has 0 spiro atoms. The van der Waals surface area contributed by atoms with Crippen molar-refractivity contribution in [2.75, 3.05) is 12.4 Å². The van der Waals surface area contributed by atoms with Crippen LogP contribution in [0.5, 0.6) is 0 Å². The Morgan fingerprint density at radius 3 is 2.14 bits per heavy atom. The number of hydrogen-bond acceptors (Lipinski definition) is 3. The van der Waals surface area contributed by atoms with Crippen LogP contribution in [0.4, 0.5) is 0 Å². The molecule has 14 heavy (non-hydrogen) atoms. The second-order valence-electron chi connectivity index (χ2n) is 4.73. The summed E-state index contributed by atoms with van der Waals surface area (Å²) in [6.45, 7) is 7.28. The third kappa shape index (κ3) is 6.34. The summed E-state index contributed by atoms with van der Waals surface area (Å²) < 4.78 is 25.6. The van der Waals surface area contributed by atoms with E-state index in [-0.39, 0.29) is 23.8 Å². The molecule has 0 aromatic carbocycles. The molecule has 0 radical (unpaired) electrons. The molecular weight excluding hydrogens is 202 g/mol. The third-order valence-electron chi connectivity index (χ3n) is 1.68. The molecule has 0 aromatic rings. The fraction of sp³-hybridized carbons (Fsp3) is 1.00. The average molecular weight is 223 g/mol. The van der Waals surface area contributed by atoms with E-state index in [9.17, 15) is 8.42 Å². The van der Waals surface area contributed by atoms with Gasteiger partial charge in [0.2, 0.25) is 10.0 Å². The quantitative estimate of drug-likeness (QED) is 0.722. The van der Waals surface area contributed by atoms with Crippen molar-refractivity contribution in [2.45, 2.75) is 40.2 Å². The first-order chi connectivity index (χ1) is 6.20. The van der Waals surface area contributed by atoms with Gasteiger partial charge < -0.3 is 5.11 Å². The molecule has 5 heteroatoms. The van der Waals surface area contributed by atoms with Gasteiger partial charge in [-0.15, -0.1) is 0 Å². The summed E-state index contributed by atoms with van der Waals surface area (Å²) in [5.74, 6) is 0.0799.